The van der Waals surface area contributed by atoms with Crippen LogP contribution in [-0.4, -0.2) is 12.8 Å². The minimum Gasteiger partial charge on any atom is -0.0716 e. The highest BCUT2D eigenvalue weighted by Crippen LogP contribution is 2.60. The topological polar surface area (TPSA) is 0 Å². The molecular weight excluding hydrogens is 271 g/mol. The molecule has 21 heavy (non-hydrogen) atoms. The number of hydrogen-bond acceptors (Lipinski definition) is 0. The molecule has 2 aromatic rings. The van der Waals surface area contributed by atoms with Crippen LogP contribution in [0.3, 0.4) is 0 Å². The van der Waals surface area contributed by atoms with Crippen LogP contribution in [0.5, 0.6) is 0 Å². The van der Waals surface area contributed by atoms with Crippen LogP contribution in [0.1, 0.15) is 39.0 Å². The zero-order valence-corrected chi connectivity index (χ0v) is 14.2. The molecule has 0 bridgehead atoms. The average Bonchev–Trinajstić information content (AvgIpc) is 2.78. The van der Waals surface area contributed by atoms with E-state index in [9.17, 15) is 0 Å². The van der Waals surface area contributed by atoms with Crippen molar-refractivity contribution in [1.82, 2.24) is 0 Å². The fraction of sp³-hybridized carbons (Fsp3) is 0.400. The highest BCUT2D eigenvalue weighted by atomic mass is 31.2. The molecule has 0 aliphatic carbocycles. The third-order valence-electron chi connectivity index (χ3n) is 4.87. The maximum atomic E-state index is 2.55. The molecule has 0 fully saturated rings. The van der Waals surface area contributed by atoms with Crippen molar-refractivity contribution in [2.75, 3.05) is 12.8 Å². The third kappa shape index (κ3) is 2.67. The van der Waals surface area contributed by atoms with Gasteiger partial charge in [-0.05, 0) is 41.0 Å². The fourth-order valence-electron chi connectivity index (χ4n) is 3.67. The molecule has 0 aromatic heterocycles. The van der Waals surface area contributed by atoms with Crippen molar-refractivity contribution in [3.8, 4) is 11.1 Å². The lowest BCUT2D eigenvalue weighted by Gasteiger charge is -2.30. The molecule has 0 N–H and O–H groups in total. The Morgan fingerprint density at radius 3 is 1.81 bits per heavy atom. The van der Waals surface area contributed by atoms with Gasteiger partial charge in [0.15, 0.2) is 0 Å². The van der Waals surface area contributed by atoms with Gasteiger partial charge in [0.1, 0.15) is 0 Å². The number of hydrogen-bond donors (Lipinski definition) is 0. The van der Waals surface area contributed by atoms with Crippen LogP contribution in [0.2, 0.25) is 0 Å². The largest absolute Gasteiger partial charge is 0.0716 e. The SMILES string of the molecule is CCCCCCC[P]1(C)c2ccccc2-c2ccccc21. The van der Waals surface area contributed by atoms with Crippen LogP contribution in [0.25, 0.3) is 11.1 Å². The highest BCUT2D eigenvalue weighted by Gasteiger charge is 2.36. The van der Waals surface area contributed by atoms with Gasteiger partial charge in [-0.1, -0.05) is 88.4 Å². The van der Waals surface area contributed by atoms with Crippen molar-refractivity contribution in [2.45, 2.75) is 39.0 Å². The van der Waals surface area contributed by atoms with E-state index in [-0.39, 0.29) is 0 Å². The quantitative estimate of drug-likeness (QED) is 0.505. The first-order valence-electron chi connectivity index (χ1n) is 8.32. The fourth-order valence-corrected chi connectivity index (χ4v) is 7.55. The summed E-state index contributed by atoms with van der Waals surface area (Å²) < 4.78 is 0. The van der Waals surface area contributed by atoms with Crippen molar-refractivity contribution >= 4 is 17.9 Å². The molecule has 1 heteroatoms. The highest BCUT2D eigenvalue weighted by molar-refractivity contribution is 7.90. The minimum absolute atomic E-state index is 1.15. The standard InChI is InChI=1S/C20H26P/c1-3-4-5-6-11-16-21(2)19-14-9-7-12-17(19)18-13-8-10-15-20(18)21/h7-10,12-15H,3-6,11,16H2,1-2H3. The molecule has 0 amide bonds. The van der Waals surface area contributed by atoms with Gasteiger partial charge in [0.2, 0.25) is 0 Å². The van der Waals surface area contributed by atoms with Crippen LogP contribution in [0.4, 0.5) is 0 Å². The van der Waals surface area contributed by atoms with Gasteiger partial charge in [0, 0.05) is 0 Å². The van der Waals surface area contributed by atoms with E-state index >= 15 is 0 Å². The molecular formula is C20H26P. The van der Waals surface area contributed by atoms with Gasteiger partial charge in [0.05, 0.1) is 0 Å². The van der Waals surface area contributed by atoms with Crippen LogP contribution in [0, 0.1) is 0 Å². The van der Waals surface area contributed by atoms with Crippen molar-refractivity contribution in [1.29, 1.82) is 0 Å². The smallest absolute Gasteiger partial charge is 0.0101 e. The summed E-state index contributed by atoms with van der Waals surface area (Å²) >= 11 is 0. The van der Waals surface area contributed by atoms with Crippen molar-refractivity contribution in [3.05, 3.63) is 48.5 Å². The summed E-state index contributed by atoms with van der Waals surface area (Å²) in [6.07, 6.45) is 8.28. The van der Waals surface area contributed by atoms with Crippen molar-refractivity contribution in [3.63, 3.8) is 0 Å². The Morgan fingerprint density at radius 2 is 1.24 bits per heavy atom. The van der Waals surface area contributed by atoms with E-state index in [1.54, 1.807) is 10.6 Å². The molecule has 1 heterocycles. The zero-order chi connectivity index (χ0) is 14.7. The van der Waals surface area contributed by atoms with E-state index in [0.29, 0.717) is 0 Å². The Balaban J connectivity index is 1.87. The summed E-state index contributed by atoms with van der Waals surface area (Å²) in [5.41, 5.74) is 3.00. The average molecular weight is 297 g/mol. The summed E-state index contributed by atoms with van der Waals surface area (Å²) in [4.78, 5) is 0. The van der Waals surface area contributed by atoms with Gasteiger partial charge in [0.25, 0.3) is 0 Å². The Hall–Kier alpha value is -1.13. The molecule has 111 valence electrons. The Morgan fingerprint density at radius 1 is 0.714 bits per heavy atom. The maximum absolute atomic E-state index is 2.55. The van der Waals surface area contributed by atoms with Gasteiger partial charge in [-0.2, -0.15) is 0 Å². The van der Waals surface area contributed by atoms with E-state index in [1.165, 1.54) is 49.4 Å². The number of fused-ring (bicyclic) bond motifs is 3. The van der Waals surface area contributed by atoms with E-state index in [2.05, 4.69) is 62.1 Å². The molecule has 0 saturated heterocycles. The Labute approximate surface area is 129 Å². The van der Waals surface area contributed by atoms with Crippen LogP contribution >= 0.6 is 7.26 Å². The van der Waals surface area contributed by atoms with Gasteiger partial charge in [-0.15, -0.1) is 0 Å². The molecule has 0 saturated carbocycles. The summed E-state index contributed by atoms with van der Waals surface area (Å²) in [7, 11) is -1.15. The third-order valence-corrected chi connectivity index (χ3v) is 8.99. The summed E-state index contributed by atoms with van der Waals surface area (Å²) in [6.45, 7) is 4.84. The van der Waals surface area contributed by atoms with Crippen LogP contribution in [-0.2, 0) is 0 Å². The van der Waals surface area contributed by atoms with Gasteiger partial charge >= 0.3 is 0 Å². The van der Waals surface area contributed by atoms with E-state index in [4.69, 9.17) is 0 Å². The lowest BCUT2D eigenvalue weighted by Crippen LogP contribution is -2.19. The molecule has 0 nitrogen and oxygen atoms in total. The predicted octanol–water partition coefficient (Wildman–Crippen LogP) is 5.24. The van der Waals surface area contributed by atoms with E-state index < -0.39 is 7.26 Å². The second kappa shape index (κ2) is 6.32. The molecule has 2 aromatic carbocycles. The summed E-state index contributed by atoms with van der Waals surface area (Å²) in [5.74, 6) is 0. The number of benzene rings is 2. The molecule has 1 radical (unpaired) electrons. The molecule has 1 aliphatic rings. The first-order chi connectivity index (χ1) is 10.3. The maximum Gasteiger partial charge on any atom is -0.0101 e. The molecule has 0 spiro atoms. The van der Waals surface area contributed by atoms with Gasteiger partial charge < -0.3 is 0 Å². The van der Waals surface area contributed by atoms with Gasteiger partial charge in [-0.25, -0.2) is 0 Å². The number of rotatable bonds is 6. The molecule has 0 unspecified atom stereocenters. The first kappa shape index (κ1) is 14.8. The van der Waals surface area contributed by atoms with Crippen LogP contribution in [0.15, 0.2) is 48.5 Å². The normalized spacial score (nSPS) is 14.8. The monoisotopic (exact) mass is 297 g/mol. The second-order valence-electron chi connectivity index (χ2n) is 6.36. The first-order valence-corrected chi connectivity index (χ1v) is 10.7. The lowest BCUT2D eigenvalue weighted by atomic mass is 10.1. The lowest BCUT2D eigenvalue weighted by molar-refractivity contribution is 0.658. The minimum atomic E-state index is -1.15. The summed E-state index contributed by atoms with van der Waals surface area (Å²) in [5, 5.41) is 3.28. The van der Waals surface area contributed by atoms with Crippen LogP contribution < -0.4 is 10.6 Å². The van der Waals surface area contributed by atoms with Crippen molar-refractivity contribution in [2.24, 2.45) is 0 Å². The van der Waals surface area contributed by atoms with E-state index in [1.807, 2.05) is 0 Å². The zero-order valence-electron chi connectivity index (χ0n) is 13.3. The van der Waals surface area contributed by atoms with Gasteiger partial charge in [-0.3, -0.25) is 0 Å². The molecule has 0 atom stereocenters. The molecule has 3 rings (SSSR count). The Bertz CT molecular complexity index is 569. The molecule has 1 aliphatic heterocycles. The number of unbranched alkanes of at least 4 members (excludes halogenated alkanes) is 4. The predicted molar refractivity (Wildman–Crippen MR) is 97.6 cm³/mol. The van der Waals surface area contributed by atoms with Crippen molar-refractivity contribution < 1.29 is 0 Å². The summed E-state index contributed by atoms with van der Waals surface area (Å²) in [6, 6.07) is 18.2. The van der Waals surface area contributed by atoms with E-state index in [0.717, 1.165) is 0 Å². The second-order valence-corrected chi connectivity index (χ2v) is 10.2. The Kier molecular flexibility index (Phi) is 4.45.